The van der Waals surface area contributed by atoms with Crippen LogP contribution in [0, 0.1) is 11.6 Å². The van der Waals surface area contributed by atoms with Crippen LogP contribution < -0.4 is 5.43 Å². The zero-order valence-electron chi connectivity index (χ0n) is 9.27. The second-order valence-electron chi connectivity index (χ2n) is 3.76. The Bertz CT molecular complexity index is 629. The van der Waals surface area contributed by atoms with E-state index in [4.69, 9.17) is 0 Å². The van der Waals surface area contributed by atoms with Crippen LogP contribution in [0.5, 0.6) is 0 Å². The molecule has 1 heterocycles. The maximum Gasteiger partial charge on any atom is 0.182 e. The number of carbonyl (C=O) groups is 1. The Balaban J connectivity index is 2.19. The molecule has 0 radical (unpaired) electrons. The Kier molecular flexibility index (Phi) is 3.32. The maximum absolute atomic E-state index is 13.0. The van der Waals surface area contributed by atoms with Crippen LogP contribution in [-0.2, 0) is 6.54 Å². The van der Waals surface area contributed by atoms with Gasteiger partial charge in [-0.2, -0.15) is 0 Å². The number of ketones is 1. The molecule has 2 rings (SSSR count). The average Bonchev–Trinajstić information content (AvgIpc) is 2.35. The van der Waals surface area contributed by atoms with Crippen molar-refractivity contribution in [3.05, 3.63) is 70.1 Å². The second-order valence-corrected chi connectivity index (χ2v) is 3.76. The summed E-state index contributed by atoms with van der Waals surface area (Å²) in [4.78, 5) is 22.6. The third-order valence-electron chi connectivity index (χ3n) is 2.43. The molecule has 1 aromatic heterocycles. The molecule has 0 bridgehead atoms. The van der Waals surface area contributed by atoms with Crippen molar-refractivity contribution in [1.29, 1.82) is 0 Å². The third kappa shape index (κ3) is 2.68. The first kappa shape index (κ1) is 12.2. The van der Waals surface area contributed by atoms with Gasteiger partial charge in [-0.3, -0.25) is 9.59 Å². The van der Waals surface area contributed by atoms with Gasteiger partial charge in [-0.1, -0.05) is 0 Å². The summed E-state index contributed by atoms with van der Waals surface area (Å²) in [6.07, 6.45) is 2.92. The number of Topliss-reactive ketones (excluding diaryl/α,β-unsaturated/α-hetero) is 1. The van der Waals surface area contributed by atoms with Crippen molar-refractivity contribution < 1.29 is 13.6 Å². The molecule has 0 saturated carbocycles. The van der Waals surface area contributed by atoms with Gasteiger partial charge in [0.15, 0.2) is 22.8 Å². The third-order valence-corrected chi connectivity index (χ3v) is 2.43. The van der Waals surface area contributed by atoms with Gasteiger partial charge in [-0.15, -0.1) is 0 Å². The number of benzene rings is 1. The normalized spacial score (nSPS) is 10.3. The standard InChI is InChI=1S/C13H9F2NO2/c14-11-2-1-9(7-12(11)15)13(18)8-16-5-3-10(17)4-6-16/h1-7H,8H2. The highest BCUT2D eigenvalue weighted by Crippen LogP contribution is 2.10. The molecule has 3 nitrogen and oxygen atoms in total. The highest BCUT2D eigenvalue weighted by Gasteiger charge is 2.09. The zero-order valence-corrected chi connectivity index (χ0v) is 9.27. The van der Waals surface area contributed by atoms with E-state index in [1.165, 1.54) is 35.2 Å². The van der Waals surface area contributed by atoms with Gasteiger partial charge in [-0.05, 0) is 18.2 Å². The fourth-order valence-corrected chi connectivity index (χ4v) is 1.48. The molecule has 0 unspecified atom stereocenters. The lowest BCUT2D eigenvalue weighted by molar-refractivity contribution is 0.0971. The molecule has 92 valence electrons. The van der Waals surface area contributed by atoms with Crippen molar-refractivity contribution >= 4 is 5.78 Å². The smallest absolute Gasteiger partial charge is 0.182 e. The molecule has 0 amide bonds. The Morgan fingerprint density at radius 2 is 1.72 bits per heavy atom. The molecular weight excluding hydrogens is 240 g/mol. The van der Waals surface area contributed by atoms with Gasteiger partial charge in [-0.25, -0.2) is 8.78 Å². The quantitative estimate of drug-likeness (QED) is 0.780. The van der Waals surface area contributed by atoms with Gasteiger partial charge in [0, 0.05) is 30.1 Å². The van der Waals surface area contributed by atoms with Gasteiger partial charge >= 0.3 is 0 Å². The first-order valence-electron chi connectivity index (χ1n) is 5.20. The van der Waals surface area contributed by atoms with Crippen LogP contribution >= 0.6 is 0 Å². The van der Waals surface area contributed by atoms with E-state index >= 15 is 0 Å². The van der Waals surface area contributed by atoms with Crippen molar-refractivity contribution in [3.8, 4) is 0 Å². The predicted molar refractivity (Wildman–Crippen MR) is 61.4 cm³/mol. The molecule has 5 heteroatoms. The number of hydrogen-bond donors (Lipinski definition) is 0. The number of aromatic nitrogens is 1. The van der Waals surface area contributed by atoms with E-state index in [0.29, 0.717) is 0 Å². The number of rotatable bonds is 3. The molecule has 0 fully saturated rings. The summed E-state index contributed by atoms with van der Waals surface area (Å²) in [5.74, 6) is -2.41. The highest BCUT2D eigenvalue weighted by molar-refractivity contribution is 5.95. The van der Waals surface area contributed by atoms with Crippen LogP contribution in [0.25, 0.3) is 0 Å². The summed E-state index contributed by atoms with van der Waals surface area (Å²) < 4.78 is 27.2. The Morgan fingerprint density at radius 3 is 2.33 bits per heavy atom. The summed E-state index contributed by atoms with van der Waals surface area (Å²) in [6.45, 7) is -0.0364. The van der Waals surface area contributed by atoms with Gasteiger partial charge in [0.1, 0.15) is 0 Å². The topological polar surface area (TPSA) is 39.1 Å². The summed E-state index contributed by atoms with van der Waals surface area (Å²) >= 11 is 0. The van der Waals surface area contributed by atoms with Crippen LogP contribution in [0.3, 0.4) is 0 Å². The average molecular weight is 249 g/mol. The number of nitrogens with zero attached hydrogens (tertiary/aromatic N) is 1. The van der Waals surface area contributed by atoms with Crippen molar-refractivity contribution in [2.45, 2.75) is 6.54 Å². The molecule has 0 aliphatic rings. The number of carbonyl (C=O) groups excluding carboxylic acids is 1. The molecule has 0 N–H and O–H groups in total. The lowest BCUT2D eigenvalue weighted by Gasteiger charge is -2.05. The molecule has 0 saturated heterocycles. The number of pyridine rings is 1. The number of halogens is 2. The van der Waals surface area contributed by atoms with E-state index in [9.17, 15) is 18.4 Å². The monoisotopic (exact) mass is 249 g/mol. The van der Waals surface area contributed by atoms with Crippen molar-refractivity contribution in [1.82, 2.24) is 4.57 Å². The lowest BCUT2D eigenvalue weighted by Crippen LogP contribution is -2.12. The van der Waals surface area contributed by atoms with E-state index in [1.807, 2.05) is 0 Å². The molecular formula is C13H9F2NO2. The predicted octanol–water partition coefficient (Wildman–Crippen LogP) is 2.01. The first-order valence-corrected chi connectivity index (χ1v) is 5.20. The van der Waals surface area contributed by atoms with E-state index in [2.05, 4.69) is 0 Å². The van der Waals surface area contributed by atoms with Gasteiger partial charge in [0.2, 0.25) is 0 Å². The molecule has 0 spiro atoms. The molecule has 2 aromatic rings. The van der Waals surface area contributed by atoms with E-state index in [-0.39, 0.29) is 23.3 Å². The SMILES string of the molecule is O=C(Cn1ccc(=O)cc1)c1ccc(F)c(F)c1. The molecule has 18 heavy (non-hydrogen) atoms. The van der Waals surface area contributed by atoms with Crippen molar-refractivity contribution in [2.24, 2.45) is 0 Å². The summed E-state index contributed by atoms with van der Waals surface area (Å²) in [6, 6.07) is 5.63. The fourth-order valence-electron chi connectivity index (χ4n) is 1.48. The Hall–Kier alpha value is -2.30. The lowest BCUT2D eigenvalue weighted by atomic mass is 10.1. The summed E-state index contributed by atoms with van der Waals surface area (Å²) in [5.41, 5.74) is -0.0703. The van der Waals surface area contributed by atoms with E-state index in [1.54, 1.807) is 0 Å². The molecule has 0 atom stereocenters. The van der Waals surface area contributed by atoms with Crippen LogP contribution in [0.2, 0.25) is 0 Å². The van der Waals surface area contributed by atoms with Gasteiger partial charge in [0.05, 0.1) is 6.54 Å². The maximum atomic E-state index is 13.0. The van der Waals surface area contributed by atoms with Gasteiger partial charge < -0.3 is 4.57 Å². The first-order chi connectivity index (χ1) is 8.56. The van der Waals surface area contributed by atoms with Crippen LogP contribution in [0.4, 0.5) is 8.78 Å². The Morgan fingerprint density at radius 1 is 1.06 bits per heavy atom. The minimum atomic E-state index is -1.05. The fraction of sp³-hybridized carbons (Fsp3) is 0.0769. The van der Waals surface area contributed by atoms with Crippen LogP contribution in [0.1, 0.15) is 10.4 Å². The summed E-state index contributed by atoms with van der Waals surface area (Å²) in [5, 5.41) is 0. The second kappa shape index (κ2) is 4.91. The van der Waals surface area contributed by atoms with Crippen molar-refractivity contribution in [2.75, 3.05) is 0 Å². The minimum Gasteiger partial charge on any atom is -0.346 e. The summed E-state index contributed by atoms with van der Waals surface area (Å²) in [7, 11) is 0. The zero-order chi connectivity index (χ0) is 13.1. The minimum absolute atomic E-state index is 0.0364. The van der Waals surface area contributed by atoms with Gasteiger partial charge in [0.25, 0.3) is 0 Å². The largest absolute Gasteiger partial charge is 0.346 e. The van der Waals surface area contributed by atoms with Crippen LogP contribution in [0.15, 0.2) is 47.5 Å². The Labute approximate surface area is 101 Å². The van der Waals surface area contributed by atoms with Crippen LogP contribution in [-0.4, -0.2) is 10.4 Å². The molecule has 0 aliphatic heterocycles. The molecule has 0 aliphatic carbocycles. The molecule has 1 aromatic carbocycles. The number of hydrogen-bond acceptors (Lipinski definition) is 2. The van der Waals surface area contributed by atoms with Crippen molar-refractivity contribution in [3.63, 3.8) is 0 Å². The van der Waals surface area contributed by atoms with E-state index in [0.717, 1.165) is 12.1 Å². The highest BCUT2D eigenvalue weighted by atomic mass is 19.2. The van der Waals surface area contributed by atoms with E-state index < -0.39 is 11.6 Å².